The highest BCUT2D eigenvalue weighted by atomic mass is 32.2. The number of amides is 4. The number of likely N-dealkylation sites (tertiary alicyclic amines) is 1. The van der Waals surface area contributed by atoms with Gasteiger partial charge in [0.2, 0.25) is 11.8 Å². The average molecular weight is 806 g/mol. The van der Waals surface area contributed by atoms with Crippen molar-refractivity contribution in [3.05, 3.63) is 67.3 Å². The van der Waals surface area contributed by atoms with E-state index in [0.717, 1.165) is 5.56 Å². The Labute approximate surface area is 333 Å². The van der Waals surface area contributed by atoms with Gasteiger partial charge in [0.25, 0.3) is 5.91 Å². The zero-order valence-corrected chi connectivity index (χ0v) is 33.9. The van der Waals surface area contributed by atoms with E-state index < -0.39 is 69.2 Å². The van der Waals surface area contributed by atoms with Crippen LogP contribution in [0.2, 0.25) is 0 Å². The van der Waals surface area contributed by atoms with Gasteiger partial charge in [0.15, 0.2) is 6.23 Å². The molecular formula is C40H51N7O9S. The van der Waals surface area contributed by atoms with Crippen LogP contribution >= 0.6 is 0 Å². The molecule has 3 N–H and O–H groups in total. The van der Waals surface area contributed by atoms with Gasteiger partial charge in [-0.3, -0.25) is 19.3 Å². The van der Waals surface area contributed by atoms with Gasteiger partial charge in [0.05, 0.1) is 25.4 Å². The van der Waals surface area contributed by atoms with E-state index in [1.807, 2.05) is 42.3 Å². The molecule has 0 spiro atoms. The maximum absolute atomic E-state index is 14.8. The fourth-order valence-corrected chi connectivity index (χ4v) is 8.55. The Hall–Kier alpha value is -5.26. The van der Waals surface area contributed by atoms with Gasteiger partial charge in [-0.05, 0) is 37.4 Å². The molecule has 1 saturated carbocycles. The van der Waals surface area contributed by atoms with E-state index >= 15 is 0 Å². The second kappa shape index (κ2) is 16.3. The van der Waals surface area contributed by atoms with E-state index in [-0.39, 0.29) is 32.4 Å². The van der Waals surface area contributed by atoms with Gasteiger partial charge in [-0.2, -0.15) is 12.7 Å². The summed E-state index contributed by atoms with van der Waals surface area (Å²) < 4.78 is 47.1. The third-order valence-electron chi connectivity index (χ3n) is 10.8. The number of ether oxygens (including phenoxy) is 3. The third-order valence-corrected chi connectivity index (χ3v) is 12.3. The highest BCUT2D eigenvalue weighted by molar-refractivity contribution is 7.87. The standard InChI is InChI=1S/C40H51N7O9S/c1-8-26-24-40(26,37(50)44-57(52,53)46-20-18-45(5)19-21-46)43-35(48)31-16-17-33(47(31)36(49)34(39(2,3)4)42-38(51)55-7)56-32-23-29(25-12-10-9-11-13-25)41-30-22-27(54-6)14-15-28(30)32/h8-15,22-23,26,31,33-34H,1,16-21,24H2,2-7H3,(H,42,51)(H,43,48)(H,44,50)/t26?,31-,33+,34-,40?/m0/s1. The zero-order valence-electron chi connectivity index (χ0n) is 33.1. The van der Waals surface area contributed by atoms with Crippen LogP contribution in [0, 0.1) is 11.3 Å². The summed E-state index contributed by atoms with van der Waals surface area (Å²) in [7, 11) is 0.404. The Bertz CT molecular complexity index is 2140. The minimum absolute atomic E-state index is 0.107. The number of alkyl carbamates (subject to hydrolysis) is 1. The minimum atomic E-state index is -4.22. The molecule has 306 valence electrons. The van der Waals surface area contributed by atoms with E-state index in [1.165, 1.54) is 22.4 Å². The lowest BCUT2D eigenvalue weighted by Gasteiger charge is -2.37. The molecule has 2 unspecified atom stereocenters. The summed E-state index contributed by atoms with van der Waals surface area (Å²) in [4.78, 5) is 63.9. The average Bonchev–Trinajstić information content (AvgIpc) is 3.75. The molecule has 16 nitrogen and oxygen atoms in total. The number of aromatic nitrogens is 1. The van der Waals surface area contributed by atoms with Crippen LogP contribution in [0.5, 0.6) is 11.5 Å². The van der Waals surface area contributed by atoms with Crippen molar-refractivity contribution in [3.8, 4) is 22.8 Å². The summed E-state index contributed by atoms with van der Waals surface area (Å²) in [5, 5.41) is 6.08. The second-order valence-corrected chi connectivity index (χ2v) is 17.4. The first-order valence-electron chi connectivity index (χ1n) is 18.8. The predicted octanol–water partition coefficient (Wildman–Crippen LogP) is 3.05. The molecule has 0 bridgehead atoms. The number of likely N-dealkylation sites (N-methyl/N-ethyl adjacent to an activating group) is 1. The van der Waals surface area contributed by atoms with Crippen LogP contribution in [0.4, 0.5) is 4.79 Å². The Morgan fingerprint density at radius 2 is 1.70 bits per heavy atom. The highest BCUT2D eigenvalue weighted by Crippen LogP contribution is 2.45. The number of hydrogen-bond acceptors (Lipinski definition) is 11. The van der Waals surface area contributed by atoms with Crippen molar-refractivity contribution < 1.29 is 41.8 Å². The summed E-state index contributed by atoms with van der Waals surface area (Å²) in [5.74, 6) is -1.80. The molecule has 4 amide bonds. The molecular weight excluding hydrogens is 755 g/mol. The molecule has 3 aliphatic rings. The van der Waals surface area contributed by atoms with Crippen LogP contribution in [0.25, 0.3) is 22.2 Å². The number of piperazine rings is 1. The van der Waals surface area contributed by atoms with E-state index in [4.69, 9.17) is 19.2 Å². The van der Waals surface area contributed by atoms with Crippen molar-refractivity contribution in [3.63, 3.8) is 0 Å². The molecule has 0 radical (unpaired) electrons. The van der Waals surface area contributed by atoms with Gasteiger partial charge < -0.3 is 29.7 Å². The molecule has 6 rings (SSSR count). The normalized spacial score (nSPS) is 23.3. The van der Waals surface area contributed by atoms with Gasteiger partial charge in [-0.15, -0.1) is 6.58 Å². The molecule has 2 saturated heterocycles. The van der Waals surface area contributed by atoms with Crippen LogP contribution in [0.15, 0.2) is 67.3 Å². The highest BCUT2D eigenvalue weighted by Gasteiger charge is 2.62. The lowest BCUT2D eigenvalue weighted by Crippen LogP contribution is -2.62. The molecule has 3 heterocycles. The number of hydrogen-bond donors (Lipinski definition) is 3. The Kier molecular flexibility index (Phi) is 11.8. The largest absolute Gasteiger partial charge is 0.497 e. The first-order valence-corrected chi connectivity index (χ1v) is 20.3. The van der Waals surface area contributed by atoms with Crippen molar-refractivity contribution in [1.29, 1.82) is 0 Å². The van der Waals surface area contributed by atoms with E-state index in [1.54, 1.807) is 52.1 Å². The number of nitrogens with one attached hydrogen (secondary N) is 3. The van der Waals surface area contributed by atoms with Gasteiger partial charge in [-0.1, -0.05) is 57.2 Å². The van der Waals surface area contributed by atoms with Crippen LogP contribution in [-0.2, 0) is 29.3 Å². The second-order valence-electron chi connectivity index (χ2n) is 15.7. The van der Waals surface area contributed by atoms with Crippen LogP contribution in [-0.4, -0.2) is 123 Å². The number of methoxy groups -OCH3 is 2. The fraction of sp³-hybridized carbons (Fsp3) is 0.475. The van der Waals surface area contributed by atoms with Gasteiger partial charge in [-0.25, -0.2) is 14.5 Å². The maximum atomic E-state index is 14.8. The maximum Gasteiger partial charge on any atom is 0.407 e. The van der Waals surface area contributed by atoms with E-state index in [2.05, 4.69) is 21.9 Å². The van der Waals surface area contributed by atoms with Crippen LogP contribution in [0.1, 0.15) is 40.0 Å². The first-order chi connectivity index (χ1) is 27.0. The zero-order chi connectivity index (χ0) is 41.3. The SMILES string of the molecule is C=CC1CC1(NC(=O)[C@@H]1CC[C@@H](Oc2cc(-c3ccccc3)nc3cc(OC)ccc23)N1C(=O)[C@H](NC(=O)OC)C(C)(C)C)C(=O)NS(=O)(=O)N1CCN(C)CC1. The fourth-order valence-electron chi connectivity index (χ4n) is 7.37. The predicted molar refractivity (Wildman–Crippen MR) is 212 cm³/mol. The third kappa shape index (κ3) is 8.70. The quantitative estimate of drug-likeness (QED) is 0.228. The number of nitrogens with zero attached hydrogens (tertiary/aromatic N) is 4. The topological polar surface area (TPSA) is 189 Å². The molecule has 5 atom stereocenters. The van der Waals surface area contributed by atoms with Crippen molar-refractivity contribution in [2.24, 2.45) is 11.3 Å². The summed E-state index contributed by atoms with van der Waals surface area (Å²) in [6, 6.07) is 14.3. The molecule has 17 heteroatoms. The first kappa shape index (κ1) is 41.4. The molecule has 2 aromatic carbocycles. The molecule has 3 aromatic rings. The summed E-state index contributed by atoms with van der Waals surface area (Å²) >= 11 is 0. The molecule has 1 aliphatic carbocycles. The molecule has 3 fully saturated rings. The van der Waals surface area contributed by atoms with E-state index in [9.17, 15) is 27.6 Å². The van der Waals surface area contributed by atoms with Crippen LogP contribution < -0.4 is 24.8 Å². The lowest BCUT2D eigenvalue weighted by atomic mass is 9.85. The van der Waals surface area contributed by atoms with Gasteiger partial charge in [0, 0.05) is 61.6 Å². The lowest BCUT2D eigenvalue weighted by molar-refractivity contribution is -0.149. The van der Waals surface area contributed by atoms with Crippen molar-refractivity contribution in [1.82, 2.24) is 34.4 Å². The monoisotopic (exact) mass is 805 g/mol. The Balaban J connectivity index is 1.35. The number of rotatable bonds is 12. The van der Waals surface area contributed by atoms with Crippen molar-refractivity contribution in [2.75, 3.05) is 47.4 Å². The minimum Gasteiger partial charge on any atom is -0.497 e. The van der Waals surface area contributed by atoms with Crippen molar-refractivity contribution >= 4 is 44.9 Å². The number of pyridine rings is 1. The van der Waals surface area contributed by atoms with E-state index in [0.29, 0.717) is 41.2 Å². The van der Waals surface area contributed by atoms with Gasteiger partial charge >= 0.3 is 16.3 Å². The van der Waals surface area contributed by atoms with Gasteiger partial charge in [0.1, 0.15) is 29.1 Å². The smallest absolute Gasteiger partial charge is 0.407 e. The Morgan fingerprint density at radius 3 is 2.32 bits per heavy atom. The number of carbonyl (C=O) groups is 4. The van der Waals surface area contributed by atoms with Crippen molar-refractivity contribution in [2.45, 2.75) is 63.9 Å². The molecule has 1 aromatic heterocycles. The molecule has 57 heavy (non-hydrogen) atoms. The summed E-state index contributed by atoms with van der Waals surface area (Å²) in [5.41, 5.74) is -0.494. The number of benzene rings is 2. The summed E-state index contributed by atoms with van der Waals surface area (Å²) in [6.07, 6.45) is 0.0559. The molecule has 2 aliphatic heterocycles. The van der Waals surface area contributed by atoms with Crippen LogP contribution in [0.3, 0.4) is 0 Å². The number of carbonyl (C=O) groups excluding carboxylic acids is 4. The summed E-state index contributed by atoms with van der Waals surface area (Å²) in [6.45, 7) is 10.5. The Morgan fingerprint density at radius 1 is 1.00 bits per heavy atom. The number of fused-ring (bicyclic) bond motifs is 1.